The van der Waals surface area contributed by atoms with Crippen molar-refractivity contribution in [3.05, 3.63) is 78.9 Å². The maximum absolute atomic E-state index is 4.20. The van der Waals surface area contributed by atoms with Crippen molar-refractivity contribution in [1.82, 2.24) is 0 Å². The highest BCUT2D eigenvalue weighted by atomic mass is 33.1. The van der Waals surface area contributed by atoms with Gasteiger partial charge in [0.25, 0.3) is 0 Å². The number of hydrogen-bond acceptors (Lipinski definition) is 2. The summed E-state index contributed by atoms with van der Waals surface area (Å²) < 4.78 is 0. The van der Waals surface area contributed by atoms with Crippen LogP contribution in [0.25, 0.3) is 22.3 Å². The third kappa shape index (κ3) is 2.92. The first-order chi connectivity index (χ1) is 9.86. The lowest BCUT2D eigenvalue weighted by molar-refractivity contribution is 1.47. The van der Waals surface area contributed by atoms with Crippen LogP contribution in [0.3, 0.4) is 0 Å². The van der Waals surface area contributed by atoms with Gasteiger partial charge in [-0.15, -0.1) is 11.7 Å². The molecular formula is C18H14S2. The molecule has 98 valence electrons. The maximum atomic E-state index is 4.20. The molecule has 0 spiro atoms. The van der Waals surface area contributed by atoms with E-state index in [-0.39, 0.29) is 0 Å². The summed E-state index contributed by atoms with van der Waals surface area (Å²) >= 11 is 4.20. The van der Waals surface area contributed by atoms with Gasteiger partial charge in [-0.3, -0.25) is 0 Å². The lowest BCUT2D eigenvalue weighted by atomic mass is 10.0. The number of benzene rings is 3. The third-order valence-electron chi connectivity index (χ3n) is 3.29. The van der Waals surface area contributed by atoms with Crippen LogP contribution in [-0.4, -0.2) is 0 Å². The van der Waals surface area contributed by atoms with Gasteiger partial charge in [-0.1, -0.05) is 77.5 Å². The van der Waals surface area contributed by atoms with Crippen molar-refractivity contribution < 1.29 is 0 Å². The molecule has 0 saturated carbocycles. The van der Waals surface area contributed by atoms with Crippen molar-refractivity contribution in [2.75, 3.05) is 0 Å². The maximum Gasteiger partial charge on any atom is 0.0180 e. The van der Waals surface area contributed by atoms with Gasteiger partial charge >= 0.3 is 0 Å². The summed E-state index contributed by atoms with van der Waals surface area (Å²) in [6.07, 6.45) is 0. The summed E-state index contributed by atoms with van der Waals surface area (Å²) in [6, 6.07) is 27.6. The van der Waals surface area contributed by atoms with Gasteiger partial charge in [0.1, 0.15) is 0 Å². The topological polar surface area (TPSA) is 0 Å². The lowest BCUT2D eigenvalue weighted by Gasteiger charge is -2.05. The molecule has 0 radical (unpaired) electrons. The molecule has 0 nitrogen and oxygen atoms in total. The van der Waals surface area contributed by atoms with Crippen LogP contribution in [0.15, 0.2) is 83.8 Å². The van der Waals surface area contributed by atoms with E-state index in [1.54, 1.807) is 0 Å². The molecule has 3 rings (SSSR count). The van der Waals surface area contributed by atoms with Crippen LogP contribution in [0, 0.1) is 0 Å². The third-order valence-corrected chi connectivity index (χ3v) is 4.40. The molecule has 3 aromatic rings. The molecular weight excluding hydrogens is 280 g/mol. The molecule has 0 unspecified atom stereocenters. The first-order valence-corrected chi connectivity index (χ1v) is 8.31. The highest BCUT2D eigenvalue weighted by molar-refractivity contribution is 8.68. The number of rotatable bonds is 3. The van der Waals surface area contributed by atoms with Crippen molar-refractivity contribution in [2.24, 2.45) is 0 Å². The Bertz CT molecular complexity index is 671. The van der Waals surface area contributed by atoms with E-state index in [4.69, 9.17) is 0 Å². The zero-order valence-corrected chi connectivity index (χ0v) is 12.6. The second-order valence-electron chi connectivity index (χ2n) is 4.56. The lowest BCUT2D eigenvalue weighted by Crippen LogP contribution is -1.80. The predicted molar refractivity (Wildman–Crippen MR) is 92.2 cm³/mol. The van der Waals surface area contributed by atoms with E-state index in [9.17, 15) is 0 Å². The normalized spacial score (nSPS) is 10.4. The minimum atomic E-state index is 1.16. The summed E-state index contributed by atoms with van der Waals surface area (Å²) in [5.74, 6) is 0. The van der Waals surface area contributed by atoms with Gasteiger partial charge in [0.2, 0.25) is 0 Å². The van der Waals surface area contributed by atoms with Gasteiger partial charge in [-0.05, 0) is 34.4 Å². The fourth-order valence-electron chi connectivity index (χ4n) is 2.19. The van der Waals surface area contributed by atoms with Crippen LogP contribution in [0.2, 0.25) is 0 Å². The van der Waals surface area contributed by atoms with Crippen molar-refractivity contribution in [3.8, 4) is 22.3 Å². The minimum absolute atomic E-state index is 1.16. The van der Waals surface area contributed by atoms with Crippen molar-refractivity contribution >= 4 is 22.5 Å². The monoisotopic (exact) mass is 294 g/mol. The predicted octanol–water partition coefficient (Wildman–Crippen LogP) is 5.96. The van der Waals surface area contributed by atoms with Gasteiger partial charge < -0.3 is 0 Å². The molecule has 0 amide bonds. The van der Waals surface area contributed by atoms with Crippen molar-refractivity contribution in [1.29, 1.82) is 0 Å². The van der Waals surface area contributed by atoms with Crippen LogP contribution in [0.4, 0.5) is 0 Å². The molecule has 2 heteroatoms. The van der Waals surface area contributed by atoms with Crippen LogP contribution in [0.5, 0.6) is 0 Å². The Morgan fingerprint density at radius 3 is 1.35 bits per heavy atom. The van der Waals surface area contributed by atoms with Crippen LogP contribution in [0.1, 0.15) is 0 Å². The van der Waals surface area contributed by atoms with Crippen LogP contribution < -0.4 is 0 Å². The fraction of sp³-hybridized carbons (Fsp3) is 0. The van der Waals surface area contributed by atoms with E-state index in [1.807, 2.05) is 6.07 Å². The molecule has 0 aliphatic rings. The zero-order chi connectivity index (χ0) is 13.8. The quantitative estimate of drug-likeness (QED) is 0.459. The van der Waals surface area contributed by atoms with Gasteiger partial charge in [-0.25, -0.2) is 0 Å². The standard InChI is InChI=1S/C18H14S2/c19-20-18-12-10-17(11-13-18)16-8-6-15(7-9-16)14-4-2-1-3-5-14/h1-13,19H. The van der Waals surface area contributed by atoms with E-state index < -0.39 is 0 Å². The molecule has 0 aliphatic heterocycles. The smallest absolute Gasteiger partial charge is 0.0180 e. The fourth-order valence-corrected chi connectivity index (χ4v) is 2.82. The Hall–Kier alpha value is -1.64. The van der Waals surface area contributed by atoms with Gasteiger partial charge in [-0.2, -0.15) is 0 Å². The molecule has 0 fully saturated rings. The summed E-state index contributed by atoms with van der Waals surface area (Å²) in [5, 5.41) is 0. The molecule has 0 aromatic heterocycles. The Kier molecular flexibility index (Phi) is 4.14. The summed E-state index contributed by atoms with van der Waals surface area (Å²) in [4.78, 5) is 1.16. The molecule has 0 heterocycles. The Morgan fingerprint density at radius 1 is 0.500 bits per heavy atom. The Balaban J connectivity index is 1.89. The van der Waals surface area contributed by atoms with Crippen LogP contribution >= 0.6 is 22.5 Å². The first-order valence-electron chi connectivity index (χ1n) is 6.44. The molecule has 0 N–H and O–H groups in total. The largest absolute Gasteiger partial charge is 0.106 e. The minimum Gasteiger partial charge on any atom is -0.106 e. The van der Waals surface area contributed by atoms with Crippen molar-refractivity contribution in [2.45, 2.75) is 4.90 Å². The first kappa shape index (κ1) is 13.3. The van der Waals surface area contributed by atoms with Gasteiger partial charge in [0.05, 0.1) is 0 Å². The summed E-state index contributed by atoms with van der Waals surface area (Å²) in [6.45, 7) is 0. The van der Waals surface area contributed by atoms with E-state index >= 15 is 0 Å². The second-order valence-corrected chi connectivity index (χ2v) is 5.76. The molecule has 0 aliphatic carbocycles. The highest BCUT2D eigenvalue weighted by Gasteiger charge is 2.00. The molecule has 3 aromatic carbocycles. The van der Waals surface area contributed by atoms with E-state index in [0.29, 0.717) is 0 Å². The average molecular weight is 294 g/mol. The van der Waals surface area contributed by atoms with Gasteiger partial charge in [0.15, 0.2) is 0 Å². The van der Waals surface area contributed by atoms with E-state index in [2.05, 4.69) is 84.5 Å². The van der Waals surface area contributed by atoms with E-state index in [1.165, 1.54) is 33.0 Å². The van der Waals surface area contributed by atoms with Crippen LogP contribution in [-0.2, 0) is 0 Å². The van der Waals surface area contributed by atoms with E-state index in [0.717, 1.165) is 4.90 Å². The zero-order valence-electron chi connectivity index (χ0n) is 10.9. The Labute approximate surface area is 128 Å². The second kappa shape index (κ2) is 6.21. The summed E-state index contributed by atoms with van der Waals surface area (Å²) in [5.41, 5.74) is 4.97. The van der Waals surface area contributed by atoms with Crippen molar-refractivity contribution in [3.63, 3.8) is 0 Å². The number of hydrogen-bond donors (Lipinski definition) is 1. The SMILES string of the molecule is SSc1ccc(-c2ccc(-c3ccccc3)cc2)cc1. The Morgan fingerprint density at radius 2 is 0.900 bits per heavy atom. The highest BCUT2D eigenvalue weighted by Crippen LogP contribution is 2.27. The molecule has 20 heavy (non-hydrogen) atoms. The average Bonchev–Trinajstić information content (AvgIpc) is 2.56. The van der Waals surface area contributed by atoms with Gasteiger partial charge in [0, 0.05) is 4.90 Å². The molecule has 0 bridgehead atoms. The summed E-state index contributed by atoms with van der Waals surface area (Å²) in [7, 11) is 1.47. The molecule has 0 atom stereocenters. The molecule has 0 saturated heterocycles. The number of thiol groups is 1.